The molecule has 1 heteroatoms. The maximum atomic E-state index is 6.26. The molecule has 0 bridgehead atoms. The van der Waals surface area contributed by atoms with Gasteiger partial charge in [0.15, 0.2) is 0 Å². The molecule has 11 heavy (non-hydrogen) atoms. The van der Waals surface area contributed by atoms with Crippen molar-refractivity contribution in [3.63, 3.8) is 0 Å². The second-order valence-corrected chi connectivity index (χ2v) is 5.10. The molecule has 0 heterocycles. The first-order valence-electron chi connectivity index (χ1n) is 4.58. The second-order valence-electron chi connectivity index (χ2n) is 4.19. The Kier molecular flexibility index (Phi) is 4.46. The highest BCUT2D eigenvalue weighted by atomic mass is 35.5. The molecule has 1 unspecified atom stereocenters. The maximum Gasteiger partial charge on any atom is 0.0418 e. The smallest absolute Gasteiger partial charge is 0.0418 e. The first kappa shape index (κ1) is 11.3. The van der Waals surface area contributed by atoms with E-state index in [4.69, 9.17) is 11.6 Å². The van der Waals surface area contributed by atoms with E-state index in [-0.39, 0.29) is 4.87 Å². The van der Waals surface area contributed by atoms with Crippen LogP contribution in [0.15, 0.2) is 0 Å². The molecule has 0 aromatic carbocycles. The zero-order chi connectivity index (χ0) is 9.07. The van der Waals surface area contributed by atoms with Gasteiger partial charge in [-0.2, -0.15) is 0 Å². The molecule has 0 rings (SSSR count). The highest BCUT2D eigenvalue weighted by Crippen LogP contribution is 2.30. The van der Waals surface area contributed by atoms with Gasteiger partial charge in [0.1, 0.15) is 0 Å². The zero-order valence-corrected chi connectivity index (χ0v) is 9.20. The zero-order valence-electron chi connectivity index (χ0n) is 8.45. The fourth-order valence-corrected chi connectivity index (χ4v) is 1.29. The third-order valence-corrected chi connectivity index (χ3v) is 3.04. The van der Waals surface area contributed by atoms with Crippen molar-refractivity contribution in [2.24, 2.45) is 11.8 Å². The quantitative estimate of drug-likeness (QED) is 0.567. The van der Waals surface area contributed by atoms with Crippen LogP contribution in [0.2, 0.25) is 0 Å². The summed E-state index contributed by atoms with van der Waals surface area (Å²) in [6, 6.07) is 0. The van der Waals surface area contributed by atoms with Crippen molar-refractivity contribution in [3.05, 3.63) is 0 Å². The minimum Gasteiger partial charge on any atom is -0.120 e. The lowest BCUT2D eigenvalue weighted by Gasteiger charge is -2.26. The lowest BCUT2D eigenvalue weighted by atomic mass is 9.87. The molecule has 0 aromatic heterocycles. The van der Waals surface area contributed by atoms with Gasteiger partial charge in [0.2, 0.25) is 0 Å². The minimum absolute atomic E-state index is 0.0175. The monoisotopic (exact) mass is 176 g/mol. The van der Waals surface area contributed by atoms with E-state index in [1.807, 2.05) is 0 Å². The lowest BCUT2D eigenvalue weighted by molar-refractivity contribution is 0.343. The minimum atomic E-state index is 0.0175. The van der Waals surface area contributed by atoms with E-state index in [9.17, 15) is 0 Å². The Balaban J connectivity index is 3.83. The van der Waals surface area contributed by atoms with Crippen LogP contribution in [0.4, 0.5) is 0 Å². The molecule has 0 radical (unpaired) electrons. The Morgan fingerprint density at radius 1 is 1.27 bits per heavy atom. The summed E-state index contributed by atoms with van der Waals surface area (Å²) < 4.78 is 0. The van der Waals surface area contributed by atoms with Gasteiger partial charge in [-0.1, -0.05) is 27.7 Å². The van der Waals surface area contributed by atoms with Crippen molar-refractivity contribution in [2.45, 2.75) is 52.3 Å². The summed E-state index contributed by atoms with van der Waals surface area (Å²) in [4.78, 5) is 0.0175. The van der Waals surface area contributed by atoms with Gasteiger partial charge in [-0.25, -0.2) is 0 Å². The number of hydrogen-bond donors (Lipinski definition) is 0. The summed E-state index contributed by atoms with van der Waals surface area (Å²) in [5.41, 5.74) is 0. The predicted octanol–water partition coefficient (Wildman–Crippen LogP) is 4.08. The van der Waals surface area contributed by atoms with Crippen LogP contribution >= 0.6 is 11.6 Å². The average Bonchev–Trinajstić information content (AvgIpc) is 1.87. The molecule has 68 valence electrons. The van der Waals surface area contributed by atoms with Gasteiger partial charge in [-0.05, 0) is 31.6 Å². The third-order valence-electron chi connectivity index (χ3n) is 2.62. The molecule has 0 aliphatic heterocycles. The van der Waals surface area contributed by atoms with Gasteiger partial charge in [0.25, 0.3) is 0 Å². The number of rotatable bonds is 4. The van der Waals surface area contributed by atoms with Gasteiger partial charge in [-0.3, -0.25) is 0 Å². The molecule has 0 aliphatic carbocycles. The summed E-state index contributed by atoms with van der Waals surface area (Å²) >= 11 is 6.26. The predicted molar refractivity (Wildman–Crippen MR) is 53.2 cm³/mol. The van der Waals surface area contributed by atoms with Crippen LogP contribution in [0.25, 0.3) is 0 Å². The fraction of sp³-hybridized carbons (Fsp3) is 1.00. The first-order valence-corrected chi connectivity index (χ1v) is 4.95. The Labute approximate surface area is 76.3 Å². The Morgan fingerprint density at radius 2 is 1.73 bits per heavy atom. The van der Waals surface area contributed by atoms with Gasteiger partial charge in [0.05, 0.1) is 0 Å². The van der Waals surface area contributed by atoms with Crippen LogP contribution in [0, 0.1) is 11.8 Å². The number of alkyl halides is 1. The average molecular weight is 177 g/mol. The maximum absolute atomic E-state index is 6.26. The van der Waals surface area contributed by atoms with Crippen molar-refractivity contribution in [1.82, 2.24) is 0 Å². The summed E-state index contributed by atoms with van der Waals surface area (Å²) in [5.74, 6) is 1.48. The third kappa shape index (κ3) is 4.68. The Hall–Kier alpha value is 0.290. The van der Waals surface area contributed by atoms with Crippen molar-refractivity contribution in [3.8, 4) is 0 Å². The van der Waals surface area contributed by atoms with E-state index >= 15 is 0 Å². The highest BCUT2D eigenvalue weighted by Gasteiger charge is 2.22. The van der Waals surface area contributed by atoms with Gasteiger partial charge >= 0.3 is 0 Å². The summed E-state index contributed by atoms with van der Waals surface area (Å²) in [6.07, 6.45) is 2.19. The van der Waals surface area contributed by atoms with E-state index in [1.165, 1.54) is 0 Å². The highest BCUT2D eigenvalue weighted by molar-refractivity contribution is 6.23. The van der Waals surface area contributed by atoms with Crippen LogP contribution < -0.4 is 0 Å². The molecule has 0 N–H and O–H groups in total. The number of hydrogen-bond acceptors (Lipinski definition) is 0. The molecule has 2 atom stereocenters. The molecule has 0 aromatic rings. The Morgan fingerprint density at radius 3 is 2.00 bits per heavy atom. The molecule has 0 aliphatic rings. The van der Waals surface area contributed by atoms with Crippen LogP contribution in [0.3, 0.4) is 0 Å². The Bertz CT molecular complexity index is 105. The van der Waals surface area contributed by atoms with Crippen LogP contribution in [-0.2, 0) is 0 Å². The standard InChI is InChI=1S/C10H21Cl/c1-6-10(5,11)7-9(4)8(2)3/h8-9H,6-7H2,1-5H3/t9?,10-/m0/s1. The van der Waals surface area contributed by atoms with Gasteiger partial charge < -0.3 is 0 Å². The van der Waals surface area contributed by atoms with Gasteiger partial charge in [0, 0.05) is 4.87 Å². The van der Waals surface area contributed by atoms with E-state index < -0.39 is 0 Å². The van der Waals surface area contributed by atoms with Crippen molar-refractivity contribution >= 4 is 11.6 Å². The second kappa shape index (κ2) is 4.35. The van der Waals surface area contributed by atoms with Crippen LogP contribution in [0.5, 0.6) is 0 Å². The SMILES string of the molecule is CC[C@](C)(Cl)CC(C)C(C)C. The molecule has 0 saturated heterocycles. The van der Waals surface area contributed by atoms with E-state index in [0.717, 1.165) is 24.7 Å². The van der Waals surface area contributed by atoms with E-state index in [0.29, 0.717) is 0 Å². The topological polar surface area (TPSA) is 0 Å². The van der Waals surface area contributed by atoms with Crippen molar-refractivity contribution in [2.75, 3.05) is 0 Å². The summed E-state index contributed by atoms with van der Waals surface area (Å²) in [6.45, 7) is 11.1. The van der Waals surface area contributed by atoms with E-state index in [1.54, 1.807) is 0 Å². The van der Waals surface area contributed by atoms with Crippen molar-refractivity contribution in [1.29, 1.82) is 0 Å². The normalized spacial score (nSPS) is 19.9. The number of halogens is 1. The lowest BCUT2D eigenvalue weighted by Crippen LogP contribution is -2.21. The van der Waals surface area contributed by atoms with Gasteiger partial charge in [-0.15, -0.1) is 11.6 Å². The molecule has 0 fully saturated rings. The summed E-state index contributed by atoms with van der Waals surface area (Å²) in [5, 5.41) is 0. The molecule has 0 nitrogen and oxygen atoms in total. The van der Waals surface area contributed by atoms with E-state index in [2.05, 4.69) is 34.6 Å². The van der Waals surface area contributed by atoms with Crippen molar-refractivity contribution < 1.29 is 0 Å². The largest absolute Gasteiger partial charge is 0.120 e. The van der Waals surface area contributed by atoms with Crippen LogP contribution in [0.1, 0.15) is 47.5 Å². The molecule has 0 amide bonds. The molecular weight excluding hydrogens is 156 g/mol. The first-order chi connectivity index (χ1) is 4.89. The molecular formula is C10H21Cl. The van der Waals surface area contributed by atoms with Crippen LogP contribution in [-0.4, -0.2) is 4.87 Å². The summed E-state index contributed by atoms with van der Waals surface area (Å²) in [7, 11) is 0. The molecule has 0 saturated carbocycles. The molecule has 0 spiro atoms. The fourth-order valence-electron chi connectivity index (χ4n) is 1.05.